The first-order valence-electron chi connectivity index (χ1n) is 11.8. The van der Waals surface area contributed by atoms with Crippen LogP contribution in [0.2, 0.25) is 0 Å². The Balaban J connectivity index is 0.000000227. The van der Waals surface area contributed by atoms with Gasteiger partial charge in [-0.3, -0.25) is 4.79 Å². The van der Waals surface area contributed by atoms with E-state index in [0.29, 0.717) is 0 Å². The molecule has 7 nitrogen and oxygen atoms in total. The molecule has 3 aromatic carbocycles. The summed E-state index contributed by atoms with van der Waals surface area (Å²) in [7, 11) is 0. The predicted octanol–water partition coefficient (Wildman–Crippen LogP) is 5.76. The zero-order chi connectivity index (χ0) is 27.6. The van der Waals surface area contributed by atoms with Gasteiger partial charge in [0.05, 0.1) is 0 Å². The van der Waals surface area contributed by atoms with Crippen LogP contribution in [0.1, 0.15) is 16.1 Å². The standard InChI is InChI=1S/C17H13NO5.C15H10N.Ir/c1-3-15(19)22-12-8-11(17(21)14-6-5-7-18-14)9-13(10-12)23-16(20)4-2;1-2-7-13(8-3-1)15-14-9-5-4-6-12(14)10-11-16-15;/h3-10H,1-2H2,(H,18,21);1-7,9-11H;/q;-1;/p-1. The van der Waals surface area contributed by atoms with E-state index in [4.69, 9.17) is 9.47 Å². The van der Waals surface area contributed by atoms with Gasteiger partial charge in [0.25, 0.3) is 0 Å². The van der Waals surface area contributed by atoms with Crippen LogP contribution in [0.25, 0.3) is 22.0 Å². The number of nitrogens with zero attached hydrogens (tertiary/aromatic N) is 2. The summed E-state index contributed by atoms with van der Waals surface area (Å²) in [6.07, 6.45) is 5.28. The molecule has 0 N–H and O–H groups in total. The Morgan fingerprint density at radius 2 is 1.50 bits per heavy atom. The van der Waals surface area contributed by atoms with Crippen molar-refractivity contribution >= 4 is 28.5 Å². The first kappa shape index (κ1) is 29.6. The van der Waals surface area contributed by atoms with E-state index in [1.807, 2.05) is 48.7 Å². The summed E-state index contributed by atoms with van der Waals surface area (Å²) >= 11 is 0. The molecule has 2 heterocycles. The third-order valence-electron chi connectivity index (χ3n) is 5.34. The van der Waals surface area contributed by atoms with E-state index in [0.717, 1.165) is 23.4 Å². The van der Waals surface area contributed by atoms with Gasteiger partial charge in [-0.05, 0) is 34.7 Å². The number of carbonyl (C=O) groups excluding carboxylic acids is 3. The van der Waals surface area contributed by atoms with Gasteiger partial charge in [0.15, 0.2) is 5.78 Å². The number of ketones is 1. The van der Waals surface area contributed by atoms with Crippen molar-refractivity contribution in [1.29, 1.82) is 0 Å². The zero-order valence-corrected chi connectivity index (χ0v) is 23.5. The van der Waals surface area contributed by atoms with Crippen molar-refractivity contribution in [3.05, 3.63) is 140 Å². The maximum atomic E-state index is 12.3. The van der Waals surface area contributed by atoms with E-state index in [1.54, 1.807) is 12.1 Å². The van der Waals surface area contributed by atoms with Gasteiger partial charge in [0.1, 0.15) is 11.5 Å². The number of carbonyl (C=O) groups is 3. The second-order valence-corrected chi connectivity index (χ2v) is 7.95. The van der Waals surface area contributed by atoms with Gasteiger partial charge in [-0.1, -0.05) is 55.3 Å². The van der Waals surface area contributed by atoms with Gasteiger partial charge in [-0.15, -0.1) is 35.9 Å². The SMILES string of the molecule is C=CC(=O)Oc1cc(OC(=O)C=C)cc(C(=O)c2ccc[n-]2)c1.[Ir].[c-]1ccccc1-c1nccc2ccccc12. The van der Waals surface area contributed by atoms with Crippen molar-refractivity contribution in [2.45, 2.75) is 0 Å². The Labute approximate surface area is 244 Å². The summed E-state index contributed by atoms with van der Waals surface area (Å²) in [5.74, 6) is -1.73. The van der Waals surface area contributed by atoms with Gasteiger partial charge in [-0.2, -0.15) is 6.20 Å². The van der Waals surface area contributed by atoms with E-state index in [2.05, 4.69) is 41.3 Å². The molecule has 201 valence electrons. The van der Waals surface area contributed by atoms with Crippen molar-refractivity contribution in [2.24, 2.45) is 0 Å². The molecule has 0 aliphatic heterocycles. The number of hydrogen-bond acceptors (Lipinski definition) is 6. The van der Waals surface area contributed by atoms with Crippen molar-refractivity contribution in [3.63, 3.8) is 0 Å². The van der Waals surface area contributed by atoms with E-state index < -0.39 is 17.7 Å². The number of ether oxygens (including phenoxy) is 2. The first-order chi connectivity index (χ1) is 19.0. The fourth-order valence-corrected chi connectivity index (χ4v) is 3.59. The van der Waals surface area contributed by atoms with E-state index in [9.17, 15) is 14.4 Å². The smallest absolute Gasteiger partial charge is 0.335 e. The number of fused-ring (bicyclic) bond motifs is 1. The van der Waals surface area contributed by atoms with Crippen molar-refractivity contribution in [3.8, 4) is 22.8 Å². The van der Waals surface area contributed by atoms with E-state index in [-0.39, 0.29) is 42.9 Å². The first-order valence-corrected chi connectivity index (χ1v) is 11.8. The zero-order valence-electron chi connectivity index (χ0n) is 21.1. The van der Waals surface area contributed by atoms with Gasteiger partial charge in [0, 0.05) is 50.1 Å². The van der Waals surface area contributed by atoms with Crippen LogP contribution in [0, 0.1) is 6.07 Å². The summed E-state index contributed by atoms with van der Waals surface area (Å²) in [5.41, 5.74) is 2.42. The van der Waals surface area contributed by atoms with Gasteiger partial charge < -0.3 is 19.4 Å². The van der Waals surface area contributed by atoms with Crippen molar-refractivity contribution in [2.75, 3.05) is 0 Å². The molecular weight excluding hydrogens is 685 g/mol. The van der Waals surface area contributed by atoms with Gasteiger partial charge in [0.2, 0.25) is 0 Å². The number of benzene rings is 3. The number of hydrogen-bond donors (Lipinski definition) is 0. The van der Waals surface area contributed by atoms with Crippen LogP contribution in [0.15, 0.2) is 123 Å². The Bertz CT molecular complexity index is 1600. The normalized spacial score (nSPS) is 9.80. The quantitative estimate of drug-likeness (QED) is 0.0699. The van der Waals surface area contributed by atoms with Crippen LogP contribution >= 0.6 is 0 Å². The van der Waals surface area contributed by atoms with Gasteiger partial charge >= 0.3 is 11.9 Å². The summed E-state index contributed by atoms with van der Waals surface area (Å²) in [6.45, 7) is 6.58. The van der Waals surface area contributed by atoms with Crippen LogP contribution in [0.3, 0.4) is 0 Å². The Hall–Kier alpha value is -4.91. The van der Waals surface area contributed by atoms with Crippen LogP contribution in [0.4, 0.5) is 0 Å². The second-order valence-electron chi connectivity index (χ2n) is 7.95. The molecule has 40 heavy (non-hydrogen) atoms. The monoisotopic (exact) mass is 707 g/mol. The fraction of sp³-hybridized carbons (Fsp3) is 0. The molecule has 2 aromatic heterocycles. The molecule has 5 aromatic rings. The summed E-state index contributed by atoms with van der Waals surface area (Å²) in [5, 5.41) is 2.39. The maximum absolute atomic E-state index is 12.3. The molecule has 8 heteroatoms. The molecule has 0 saturated heterocycles. The van der Waals surface area contributed by atoms with Crippen LogP contribution in [-0.2, 0) is 29.7 Å². The minimum atomic E-state index is -0.706. The largest absolute Gasteiger partial charge is 0.661 e. The van der Waals surface area contributed by atoms with E-state index in [1.165, 1.54) is 35.2 Å². The second kappa shape index (κ2) is 14.3. The van der Waals surface area contributed by atoms with Crippen LogP contribution in [0.5, 0.6) is 11.5 Å². The average molecular weight is 707 g/mol. The molecule has 0 aliphatic carbocycles. The van der Waals surface area contributed by atoms with E-state index >= 15 is 0 Å². The topological polar surface area (TPSA) is 96.7 Å². The minimum Gasteiger partial charge on any atom is -0.661 e. The van der Waals surface area contributed by atoms with Crippen molar-refractivity contribution in [1.82, 2.24) is 9.97 Å². The number of rotatable bonds is 7. The number of esters is 2. The molecule has 0 saturated carbocycles. The molecule has 5 rings (SSSR count). The minimum absolute atomic E-state index is 0. The Kier molecular flexibility index (Phi) is 10.6. The Morgan fingerprint density at radius 1 is 0.825 bits per heavy atom. The molecule has 0 bridgehead atoms. The molecule has 0 unspecified atom stereocenters. The Morgan fingerprint density at radius 3 is 2.10 bits per heavy atom. The number of aromatic nitrogens is 2. The molecular formula is C32H22IrN2O5-2. The maximum Gasteiger partial charge on any atom is 0.335 e. The van der Waals surface area contributed by atoms with Crippen molar-refractivity contribution < 1.29 is 44.0 Å². The van der Waals surface area contributed by atoms with Crippen LogP contribution < -0.4 is 14.5 Å². The molecule has 0 atom stereocenters. The third-order valence-corrected chi connectivity index (χ3v) is 5.34. The number of pyridine rings is 1. The fourth-order valence-electron chi connectivity index (χ4n) is 3.59. The summed E-state index contributed by atoms with van der Waals surface area (Å²) < 4.78 is 9.96. The van der Waals surface area contributed by atoms with Gasteiger partial charge in [-0.25, -0.2) is 9.59 Å². The molecule has 1 radical (unpaired) electrons. The predicted molar refractivity (Wildman–Crippen MR) is 147 cm³/mol. The molecule has 0 spiro atoms. The summed E-state index contributed by atoms with van der Waals surface area (Å²) in [4.78, 5) is 43.3. The molecule has 0 fully saturated rings. The average Bonchev–Trinajstić information content (AvgIpc) is 3.52. The summed E-state index contributed by atoms with van der Waals surface area (Å²) in [6, 6.07) is 28.6. The third kappa shape index (κ3) is 7.57. The van der Waals surface area contributed by atoms with Crippen LogP contribution in [-0.4, -0.2) is 22.7 Å². The molecule has 0 amide bonds. The molecule has 0 aliphatic rings.